The Labute approximate surface area is 101 Å². The summed E-state index contributed by atoms with van der Waals surface area (Å²) < 4.78 is 7.37. The number of nitrogens with zero attached hydrogens (tertiary/aromatic N) is 2. The fourth-order valence-electron chi connectivity index (χ4n) is 2.57. The van der Waals surface area contributed by atoms with Gasteiger partial charge in [0.1, 0.15) is 11.4 Å². The van der Waals surface area contributed by atoms with Gasteiger partial charge in [0.2, 0.25) is 0 Å². The van der Waals surface area contributed by atoms with Crippen LogP contribution in [0.1, 0.15) is 23.7 Å². The van der Waals surface area contributed by atoms with E-state index in [1.165, 1.54) is 17.8 Å². The summed E-state index contributed by atoms with van der Waals surface area (Å²) >= 11 is 0. The van der Waals surface area contributed by atoms with Crippen molar-refractivity contribution in [1.82, 2.24) is 14.7 Å². The molecule has 2 aromatic rings. The molecule has 1 unspecified atom stereocenters. The Morgan fingerprint density at radius 3 is 3.12 bits per heavy atom. The van der Waals surface area contributed by atoms with Crippen LogP contribution in [-0.2, 0) is 0 Å². The third-order valence-electron chi connectivity index (χ3n) is 3.56. The first kappa shape index (κ1) is 10.6. The van der Waals surface area contributed by atoms with E-state index in [1.807, 2.05) is 18.3 Å². The Morgan fingerprint density at radius 2 is 2.41 bits per heavy atom. The lowest BCUT2D eigenvalue weighted by Gasteiger charge is -2.05. The molecule has 0 aromatic carbocycles. The maximum absolute atomic E-state index is 5.23. The monoisotopic (exact) mass is 231 g/mol. The Morgan fingerprint density at radius 1 is 1.53 bits per heavy atom. The van der Waals surface area contributed by atoms with E-state index in [2.05, 4.69) is 16.6 Å². The van der Waals surface area contributed by atoms with Crippen molar-refractivity contribution < 1.29 is 4.74 Å². The van der Waals surface area contributed by atoms with Crippen LogP contribution < -0.4 is 10.1 Å². The predicted octanol–water partition coefficient (Wildman–Crippen LogP) is 1.73. The van der Waals surface area contributed by atoms with Crippen LogP contribution in [-0.4, -0.2) is 29.6 Å². The standard InChI is InChI=1S/C13H17N3O/c1-9-13(10-3-5-14-8-10)15-12-7-11(17-2)4-6-16(9)12/h4,6-7,10,14H,3,5,8H2,1-2H3. The van der Waals surface area contributed by atoms with Crippen LogP contribution in [0.2, 0.25) is 0 Å². The molecular formula is C13H17N3O. The minimum atomic E-state index is 0.556. The number of imidazole rings is 1. The molecule has 0 saturated carbocycles. The van der Waals surface area contributed by atoms with Crippen LogP contribution in [0, 0.1) is 6.92 Å². The van der Waals surface area contributed by atoms with Crippen LogP contribution in [0.25, 0.3) is 5.65 Å². The number of rotatable bonds is 2. The van der Waals surface area contributed by atoms with Gasteiger partial charge in [-0.3, -0.25) is 0 Å². The average Bonchev–Trinajstić information content (AvgIpc) is 2.97. The van der Waals surface area contributed by atoms with E-state index in [9.17, 15) is 0 Å². The second-order valence-corrected chi connectivity index (χ2v) is 4.57. The van der Waals surface area contributed by atoms with Gasteiger partial charge in [-0.05, 0) is 26.0 Å². The van der Waals surface area contributed by atoms with E-state index in [-0.39, 0.29) is 0 Å². The highest BCUT2D eigenvalue weighted by molar-refractivity contribution is 5.48. The molecule has 0 radical (unpaired) electrons. The normalized spacial score (nSPS) is 20.0. The lowest BCUT2D eigenvalue weighted by Crippen LogP contribution is -2.08. The lowest BCUT2D eigenvalue weighted by molar-refractivity contribution is 0.414. The number of ether oxygens (including phenoxy) is 1. The zero-order valence-corrected chi connectivity index (χ0v) is 10.2. The van der Waals surface area contributed by atoms with Gasteiger partial charge in [0.05, 0.1) is 12.8 Å². The molecular weight excluding hydrogens is 214 g/mol. The molecule has 1 atom stereocenters. The maximum Gasteiger partial charge on any atom is 0.140 e. The van der Waals surface area contributed by atoms with Gasteiger partial charge in [-0.2, -0.15) is 0 Å². The van der Waals surface area contributed by atoms with Gasteiger partial charge >= 0.3 is 0 Å². The third kappa shape index (κ3) is 1.69. The largest absolute Gasteiger partial charge is 0.497 e. The van der Waals surface area contributed by atoms with Crippen molar-refractivity contribution >= 4 is 5.65 Å². The average molecular weight is 231 g/mol. The third-order valence-corrected chi connectivity index (χ3v) is 3.56. The van der Waals surface area contributed by atoms with Crippen molar-refractivity contribution in [1.29, 1.82) is 0 Å². The minimum absolute atomic E-state index is 0.556. The summed E-state index contributed by atoms with van der Waals surface area (Å²) in [5.74, 6) is 1.42. The predicted molar refractivity (Wildman–Crippen MR) is 66.7 cm³/mol. The highest BCUT2D eigenvalue weighted by atomic mass is 16.5. The van der Waals surface area contributed by atoms with Crippen molar-refractivity contribution in [2.75, 3.05) is 20.2 Å². The zero-order chi connectivity index (χ0) is 11.8. The Kier molecular flexibility index (Phi) is 2.52. The Balaban J connectivity index is 2.10. The first-order valence-corrected chi connectivity index (χ1v) is 6.03. The number of aryl methyl sites for hydroxylation is 1. The molecule has 0 bridgehead atoms. The Bertz CT molecular complexity index is 541. The molecule has 4 nitrogen and oxygen atoms in total. The second kappa shape index (κ2) is 4.04. The molecule has 4 heteroatoms. The zero-order valence-electron chi connectivity index (χ0n) is 10.2. The van der Waals surface area contributed by atoms with Crippen LogP contribution in [0.5, 0.6) is 5.75 Å². The summed E-state index contributed by atoms with van der Waals surface area (Å²) in [7, 11) is 1.68. The van der Waals surface area contributed by atoms with Crippen molar-refractivity contribution in [2.24, 2.45) is 0 Å². The fourth-order valence-corrected chi connectivity index (χ4v) is 2.57. The van der Waals surface area contributed by atoms with Crippen molar-refractivity contribution in [3.05, 3.63) is 29.7 Å². The second-order valence-electron chi connectivity index (χ2n) is 4.57. The maximum atomic E-state index is 5.23. The van der Waals surface area contributed by atoms with E-state index >= 15 is 0 Å². The van der Waals surface area contributed by atoms with Crippen molar-refractivity contribution in [3.63, 3.8) is 0 Å². The van der Waals surface area contributed by atoms with Crippen molar-refractivity contribution in [3.8, 4) is 5.75 Å². The van der Waals surface area contributed by atoms with Gasteiger partial charge in [-0.15, -0.1) is 0 Å². The van der Waals surface area contributed by atoms with Gasteiger partial charge in [-0.25, -0.2) is 4.98 Å². The van der Waals surface area contributed by atoms with Crippen LogP contribution in [0.4, 0.5) is 0 Å². The summed E-state index contributed by atoms with van der Waals surface area (Å²) in [5.41, 5.74) is 3.45. The van der Waals surface area contributed by atoms with Crippen LogP contribution in [0.3, 0.4) is 0 Å². The van der Waals surface area contributed by atoms with E-state index in [4.69, 9.17) is 9.72 Å². The molecule has 1 saturated heterocycles. The van der Waals surface area contributed by atoms with Gasteiger partial charge in [0.25, 0.3) is 0 Å². The van der Waals surface area contributed by atoms with Gasteiger partial charge in [0.15, 0.2) is 0 Å². The smallest absolute Gasteiger partial charge is 0.140 e. The molecule has 0 spiro atoms. The van der Waals surface area contributed by atoms with E-state index in [1.54, 1.807) is 7.11 Å². The highest BCUT2D eigenvalue weighted by Gasteiger charge is 2.22. The quantitative estimate of drug-likeness (QED) is 0.855. The number of hydrogen-bond acceptors (Lipinski definition) is 3. The fraction of sp³-hybridized carbons (Fsp3) is 0.462. The molecule has 2 aromatic heterocycles. The van der Waals surface area contributed by atoms with E-state index in [0.29, 0.717) is 5.92 Å². The van der Waals surface area contributed by atoms with E-state index < -0.39 is 0 Å². The molecule has 3 rings (SSSR count). The number of hydrogen-bond donors (Lipinski definition) is 1. The molecule has 1 N–H and O–H groups in total. The highest BCUT2D eigenvalue weighted by Crippen LogP contribution is 2.26. The number of pyridine rings is 1. The minimum Gasteiger partial charge on any atom is -0.497 e. The first-order valence-electron chi connectivity index (χ1n) is 6.03. The number of nitrogens with one attached hydrogen (secondary N) is 1. The van der Waals surface area contributed by atoms with Crippen LogP contribution >= 0.6 is 0 Å². The first-order chi connectivity index (χ1) is 8.29. The number of aromatic nitrogens is 2. The molecule has 0 aliphatic carbocycles. The number of fused-ring (bicyclic) bond motifs is 1. The molecule has 0 amide bonds. The molecule has 3 heterocycles. The van der Waals surface area contributed by atoms with Crippen molar-refractivity contribution in [2.45, 2.75) is 19.3 Å². The molecule has 1 aliphatic heterocycles. The topological polar surface area (TPSA) is 38.6 Å². The van der Waals surface area contributed by atoms with Gasteiger partial charge in [0, 0.05) is 30.4 Å². The number of methoxy groups -OCH3 is 1. The summed E-state index contributed by atoms with van der Waals surface area (Å²) in [6.45, 7) is 4.28. The molecule has 1 aliphatic rings. The molecule has 17 heavy (non-hydrogen) atoms. The molecule has 90 valence electrons. The van der Waals surface area contributed by atoms with Crippen LogP contribution in [0.15, 0.2) is 18.3 Å². The van der Waals surface area contributed by atoms with Gasteiger partial charge in [-0.1, -0.05) is 0 Å². The Hall–Kier alpha value is -1.55. The summed E-state index contributed by atoms with van der Waals surface area (Å²) in [4.78, 5) is 4.75. The molecule has 1 fully saturated rings. The summed E-state index contributed by atoms with van der Waals surface area (Å²) in [6, 6.07) is 3.96. The summed E-state index contributed by atoms with van der Waals surface area (Å²) in [5, 5.41) is 3.39. The van der Waals surface area contributed by atoms with E-state index in [0.717, 1.165) is 24.5 Å². The SMILES string of the molecule is COc1ccn2c(C)c(C3CCNC3)nc2c1. The van der Waals surface area contributed by atoms with Gasteiger partial charge < -0.3 is 14.5 Å². The lowest BCUT2D eigenvalue weighted by atomic mass is 10.0. The summed E-state index contributed by atoms with van der Waals surface area (Å²) in [6.07, 6.45) is 3.21.